The van der Waals surface area contributed by atoms with Crippen molar-refractivity contribution in [2.45, 2.75) is 274 Å². The lowest BCUT2D eigenvalue weighted by Crippen LogP contribution is -2.16. The minimum atomic E-state index is -0.281. The molecule has 0 radical (unpaired) electrons. The molecule has 2 aliphatic rings. The van der Waals surface area contributed by atoms with E-state index in [1.165, 1.54) is 0 Å². The third kappa shape index (κ3) is 16.6. The van der Waals surface area contributed by atoms with Crippen LogP contribution in [0.5, 0.6) is 46.0 Å². The van der Waals surface area contributed by atoms with E-state index in [0.717, 1.165) is 145 Å². The van der Waals surface area contributed by atoms with Gasteiger partial charge in [-0.1, -0.05) is 287 Å². The highest BCUT2D eigenvalue weighted by Crippen LogP contribution is 2.48. The molecule has 0 aliphatic heterocycles. The van der Waals surface area contributed by atoms with Gasteiger partial charge in [-0.3, -0.25) is 0 Å². The predicted octanol–water partition coefficient (Wildman–Crippen LogP) is 22.8. The zero-order valence-corrected chi connectivity index (χ0v) is 67.1. The molecule has 550 valence electrons. The normalized spacial score (nSPS) is 14.2. The summed E-state index contributed by atoms with van der Waals surface area (Å²) in [4.78, 5) is 0. The van der Waals surface area contributed by atoms with Crippen LogP contribution < -0.4 is 9.47 Å². The fraction of sp³-hybridized carbons (Fsp3) is 0.438. The first-order chi connectivity index (χ1) is 48.0. The van der Waals surface area contributed by atoms with Gasteiger partial charge in [0.2, 0.25) is 0 Å². The molecule has 0 atom stereocenters. The molecule has 9 aromatic rings. The lowest BCUT2D eigenvalue weighted by atomic mass is 9.79. The Kier molecular flexibility index (Phi) is 20.1. The molecule has 0 spiro atoms. The molecule has 11 rings (SSSR count). The number of fused-ring (bicyclic) bond motifs is 16. The molecule has 6 N–H and O–H groups in total. The van der Waals surface area contributed by atoms with Crippen LogP contribution in [0.2, 0.25) is 0 Å². The summed E-state index contributed by atoms with van der Waals surface area (Å²) in [6.07, 6.45) is 2.60. The number of aromatic hydroxyl groups is 6. The Morgan fingerprint density at radius 2 is 0.317 bits per heavy atom. The topological polar surface area (TPSA) is 140 Å². The highest BCUT2D eigenvalue weighted by Gasteiger charge is 2.32. The van der Waals surface area contributed by atoms with Crippen LogP contribution in [0.1, 0.15) is 311 Å². The van der Waals surface area contributed by atoms with Crippen molar-refractivity contribution >= 4 is 0 Å². The van der Waals surface area contributed by atoms with Gasteiger partial charge in [0.1, 0.15) is 59.2 Å². The molecule has 104 heavy (non-hydrogen) atoms. The molecule has 0 unspecified atom stereocenters. The number of benzene rings is 9. The van der Waals surface area contributed by atoms with Crippen LogP contribution in [-0.4, -0.2) is 30.6 Å². The first kappa shape index (κ1) is 76.5. The lowest BCUT2D eigenvalue weighted by molar-refractivity contribution is 0.296. The molecule has 0 saturated carbocycles. The van der Waals surface area contributed by atoms with E-state index < -0.39 is 0 Å². The van der Waals surface area contributed by atoms with Crippen LogP contribution in [0.25, 0.3) is 0 Å². The van der Waals surface area contributed by atoms with Crippen molar-refractivity contribution in [2.24, 2.45) is 0 Å². The standard InChI is InChI=1S/C96H118O8/c1-89(2,3)73-37-57-29-61-41-75(91(7,8)9)45-65(83(61)99)33-69-49-79(95(19,20)21)50-70(34-66-46-76(92(10,11)12)42-62(84(66)100)30-58(38-73)81(57)97)87(69)103-53-55-25-27-56(28-26-55)54-104-88-71-35-67-47-77(93(13,14)15)43-63(85(67)101)31-59-39-74(90(4,5)6)40-60(82(59)98)32-64-44-78(94(16,17)18)48-68(86(64)102)36-72(88)52-80(51-71)96(22,23)24/h25-28,37-52,97-102H,29-36,53-54H2,1-24H3. The Balaban J connectivity index is 1.02. The Labute approximate surface area is 622 Å². The van der Waals surface area contributed by atoms with Gasteiger partial charge in [-0.05, 0) is 188 Å². The maximum Gasteiger partial charge on any atom is 0.126 e. The first-order valence-electron chi connectivity index (χ1n) is 37.8. The Bertz CT molecular complexity index is 4250. The lowest BCUT2D eigenvalue weighted by Gasteiger charge is -2.28. The number of rotatable bonds is 6. The van der Waals surface area contributed by atoms with Crippen LogP contribution >= 0.6 is 0 Å². The SMILES string of the molecule is CC(C)(C)c1cc2c(O)c(c1)Cc1cc(C(C)(C)C)cc(c1O)Cc1cc(C(C)(C)C)cc(c1OCc1ccc(COc3c4cc(C(C)(C)C)cc3Cc3cc(C(C)(C)C)cc(c3O)Cc3cc(C(C)(C)C)cc(c3O)Cc3cc(C(C)(C)C)cc(c3O)C4)cc1)Cc1cc(C(C)(C)C)cc(c1O)C2. The van der Waals surface area contributed by atoms with Crippen molar-refractivity contribution in [3.63, 3.8) is 0 Å². The summed E-state index contributed by atoms with van der Waals surface area (Å²) in [6.45, 7) is 53.3. The van der Waals surface area contributed by atoms with Crippen molar-refractivity contribution in [1.29, 1.82) is 0 Å². The fourth-order valence-corrected chi connectivity index (χ4v) is 14.7. The minimum absolute atomic E-state index is 0.175. The van der Waals surface area contributed by atoms with Crippen LogP contribution in [0, 0.1) is 0 Å². The second-order valence-electron chi connectivity index (χ2n) is 38.9. The van der Waals surface area contributed by atoms with E-state index in [2.05, 4.69) is 287 Å². The van der Waals surface area contributed by atoms with Gasteiger partial charge in [-0.2, -0.15) is 0 Å². The average Bonchev–Trinajstić information content (AvgIpc) is 0.769. The molecule has 2 aliphatic carbocycles. The minimum Gasteiger partial charge on any atom is -0.507 e. The summed E-state index contributed by atoms with van der Waals surface area (Å²) in [5.74, 6) is 2.55. The van der Waals surface area contributed by atoms with Gasteiger partial charge >= 0.3 is 0 Å². The van der Waals surface area contributed by atoms with E-state index in [9.17, 15) is 30.6 Å². The van der Waals surface area contributed by atoms with Gasteiger partial charge in [0.25, 0.3) is 0 Å². The van der Waals surface area contributed by atoms with Crippen molar-refractivity contribution in [3.05, 3.63) is 266 Å². The predicted molar refractivity (Wildman–Crippen MR) is 429 cm³/mol. The molecule has 0 saturated heterocycles. The van der Waals surface area contributed by atoms with Crippen molar-refractivity contribution < 1.29 is 40.1 Å². The molecular weight excluding hydrogens is 1280 g/mol. The summed E-state index contributed by atoms with van der Waals surface area (Å²) >= 11 is 0. The zero-order valence-electron chi connectivity index (χ0n) is 67.1. The zero-order chi connectivity index (χ0) is 76.3. The highest BCUT2D eigenvalue weighted by molar-refractivity contribution is 5.63. The quantitative estimate of drug-likeness (QED) is 0.0968. The van der Waals surface area contributed by atoms with Gasteiger partial charge in [0, 0.05) is 51.4 Å². The van der Waals surface area contributed by atoms with E-state index in [-0.39, 0.29) is 91.0 Å². The molecule has 8 nitrogen and oxygen atoms in total. The molecule has 8 heteroatoms. The maximum absolute atomic E-state index is 12.8. The van der Waals surface area contributed by atoms with Crippen LogP contribution in [-0.2, 0) is 108 Å². The highest BCUT2D eigenvalue weighted by atomic mass is 16.5. The van der Waals surface area contributed by atoms with Crippen molar-refractivity contribution in [1.82, 2.24) is 0 Å². The number of phenols is 6. The molecule has 9 aromatic carbocycles. The van der Waals surface area contributed by atoms with Gasteiger partial charge in [-0.25, -0.2) is 0 Å². The molecule has 0 fully saturated rings. The third-order valence-electron chi connectivity index (χ3n) is 21.9. The van der Waals surface area contributed by atoms with Crippen LogP contribution in [0.3, 0.4) is 0 Å². The first-order valence-corrected chi connectivity index (χ1v) is 37.8. The smallest absolute Gasteiger partial charge is 0.126 e. The van der Waals surface area contributed by atoms with E-state index in [0.29, 0.717) is 62.9 Å². The summed E-state index contributed by atoms with van der Waals surface area (Å²) in [5.41, 5.74) is 21.0. The van der Waals surface area contributed by atoms with E-state index in [1.807, 2.05) is 0 Å². The Morgan fingerprint density at radius 1 is 0.202 bits per heavy atom. The number of hydrogen-bond donors (Lipinski definition) is 6. The van der Waals surface area contributed by atoms with E-state index in [1.54, 1.807) is 0 Å². The summed E-state index contributed by atoms with van der Waals surface area (Å²) < 4.78 is 14.6. The number of ether oxygens (including phenoxy) is 2. The molecule has 0 amide bonds. The van der Waals surface area contributed by atoms with Gasteiger partial charge in [0.15, 0.2) is 0 Å². The average molecular weight is 1400 g/mol. The van der Waals surface area contributed by atoms with E-state index >= 15 is 0 Å². The summed E-state index contributed by atoms with van der Waals surface area (Å²) in [7, 11) is 0. The van der Waals surface area contributed by atoms with Crippen molar-refractivity contribution in [2.75, 3.05) is 0 Å². The molecular formula is C96H118O8. The van der Waals surface area contributed by atoms with Gasteiger partial charge in [0.05, 0.1) is 0 Å². The Hall–Kier alpha value is -8.62. The van der Waals surface area contributed by atoms with Crippen molar-refractivity contribution in [3.8, 4) is 46.0 Å². The van der Waals surface area contributed by atoms with E-state index in [4.69, 9.17) is 9.47 Å². The molecule has 16 bridgehead atoms. The van der Waals surface area contributed by atoms with Gasteiger partial charge in [-0.15, -0.1) is 0 Å². The molecule has 0 aromatic heterocycles. The monoisotopic (exact) mass is 1400 g/mol. The van der Waals surface area contributed by atoms with Crippen LogP contribution in [0.15, 0.2) is 121 Å². The fourth-order valence-electron chi connectivity index (χ4n) is 14.7. The summed E-state index contributed by atoms with van der Waals surface area (Å²) in [5, 5.41) is 75.9. The van der Waals surface area contributed by atoms with Gasteiger partial charge < -0.3 is 40.1 Å². The molecule has 0 heterocycles. The number of phenolic OH excluding ortho intramolecular Hbond substituents is 6. The number of hydrogen-bond acceptors (Lipinski definition) is 8. The third-order valence-corrected chi connectivity index (χ3v) is 21.9. The van der Waals surface area contributed by atoms with Crippen LogP contribution in [0.4, 0.5) is 0 Å². The Morgan fingerprint density at radius 3 is 0.442 bits per heavy atom. The maximum atomic E-state index is 12.8. The second-order valence-corrected chi connectivity index (χ2v) is 38.9. The second kappa shape index (κ2) is 27.4. The summed E-state index contributed by atoms with van der Waals surface area (Å²) in [6, 6.07) is 42.8. The largest absolute Gasteiger partial charge is 0.507 e.